The van der Waals surface area contributed by atoms with E-state index in [1.807, 2.05) is 40.6 Å². The Labute approximate surface area is 147 Å². The van der Waals surface area contributed by atoms with Crippen LogP contribution in [0.3, 0.4) is 0 Å². The highest BCUT2D eigenvalue weighted by molar-refractivity contribution is 5.93. The standard InChI is InChI=1S/C20H22N4O/c1-15-5-3-7-17(13-15)22-9-11-23(12-10-22)20(25)18-14-24-16(2)6-4-8-19(24)21-18/h3-8,13-14H,9-12H2,1-2H3. The molecule has 3 aromatic rings. The third kappa shape index (κ3) is 2.97. The van der Waals surface area contributed by atoms with Gasteiger partial charge in [0.25, 0.3) is 5.91 Å². The third-order valence-corrected chi connectivity index (χ3v) is 4.85. The van der Waals surface area contributed by atoms with Crippen LogP contribution in [-0.4, -0.2) is 46.4 Å². The Morgan fingerprint density at radius 2 is 1.76 bits per heavy atom. The number of nitrogens with zero attached hydrogens (tertiary/aromatic N) is 4. The van der Waals surface area contributed by atoms with Crippen molar-refractivity contribution < 1.29 is 4.79 Å². The predicted octanol–water partition coefficient (Wildman–Crippen LogP) is 2.91. The van der Waals surface area contributed by atoms with Crippen LogP contribution in [-0.2, 0) is 0 Å². The van der Waals surface area contributed by atoms with E-state index < -0.39 is 0 Å². The molecule has 1 aliphatic rings. The molecule has 2 aromatic heterocycles. The lowest BCUT2D eigenvalue weighted by atomic mass is 10.2. The van der Waals surface area contributed by atoms with Crippen LogP contribution < -0.4 is 4.90 Å². The molecule has 1 saturated heterocycles. The summed E-state index contributed by atoms with van der Waals surface area (Å²) in [5.74, 6) is 0.0204. The number of hydrogen-bond donors (Lipinski definition) is 0. The average Bonchev–Trinajstić information content (AvgIpc) is 3.07. The number of anilines is 1. The number of amides is 1. The molecule has 0 N–H and O–H groups in total. The smallest absolute Gasteiger partial charge is 0.274 e. The van der Waals surface area contributed by atoms with Gasteiger partial charge in [0.2, 0.25) is 0 Å². The Morgan fingerprint density at radius 1 is 1.00 bits per heavy atom. The van der Waals surface area contributed by atoms with Crippen LogP contribution in [0, 0.1) is 13.8 Å². The second-order valence-corrected chi connectivity index (χ2v) is 6.64. The topological polar surface area (TPSA) is 40.9 Å². The van der Waals surface area contributed by atoms with Crippen molar-refractivity contribution in [3.05, 3.63) is 65.6 Å². The summed E-state index contributed by atoms with van der Waals surface area (Å²) in [5, 5.41) is 0. The minimum Gasteiger partial charge on any atom is -0.368 e. The van der Waals surface area contributed by atoms with Gasteiger partial charge in [-0.15, -0.1) is 0 Å². The minimum absolute atomic E-state index is 0.0204. The number of piperazine rings is 1. The van der Waals surface area contributed by atoms with Crippen LogP contribution in [0.25, 0.3) is 5.65 Å². The summed E-state index contributed by atoms with van der Waals surface area (Å²) in [5.41, 5.74) is 4.92. The molecule has 0 radical (unpaired) electrons. The Morgan fingerprint density at radius 3 is 2.48 bits per heavy atom. The van der Waals surface area contributed by atoms with E-state index in [4.69, 9.17) is 0 Å². The van der Waals surface area contributed by atoms with E-state index in [9.17, 15) is 4.79 Å². The number of carbonyl (C=O) groups excluding carboxylic acids is 1. The lowest BCUT2D eigenvalue weighted by molar-refractivity contribution is 0.0741. The van der Waals surface area contributed by atoms with Crippen molar-refractivity contribution in [1.29, 1.82) is 0 Å². The highest BCUT2D eigenvalue weighted by Crippen LogP contribution is 2.19. The van der Waals surface area contributed by atoms with Gasteiger partial charge in [-0.05, 0) is 43.7 Å². The summed E-state index contributed by atoms with van der Waals surface area (Å²) in [7, 11) is 0. The lowest BCUT2D eigenvalue weighted by Crippen LogP contribution is -2.48. The molecule has 5 nitrogen and oxygen atoms in total. The Hall–Kier alpha value is -2.82. The monoisotopic (exact) mass is 334 g/mol. The number of benzene rings is 1. The number of aromatic nitrogens is 2. The molecule has 0 bridgehead atoms. The van der Waals surface area contributed by atoms with Crippen LogP contribution in [0.15, 0.2) is 48.7 Å². The number of carbonyl (C=O) groups is 1. The van der Waals surface area contributed by atoms with Crippen molar-refractivity contribution in [3.8, 4) is 0 Å². The fourth-order valence-corrected chi connectivity index (χ4v) is 3.41. The van der Waals surface area contributed by atoms with Crippen LogP contribution in [0.2, 0.25) is 0 Å². The van der Waals surface area contributed by atoms with Crippen molar-refractivity contribution in [1.82, 2.24) is 14.3 Å². The quantitative estimate of drug-likeness (QED) is 0.723. The average molecular weight is 334 g/mol. The van der Waals surface area contributed by atoms with Gasteiger partial charge in [0, 0.05) is 43.8 Å². The third-order valence-electron chi connectivity index (χ3n) is 4.85. The fraction of sp³-hybridized carbons (Fsp3) is 0.300. The van der Waals surface area contributed by atoms with E-state index in [1.54, 1.807) is 0 Å². The van der Waals surface area contributed by atoms with Crippen LogP contribution >= 0.6 is 0 Å². The molecular weight excluding hydrogens is 312 g/mol. The Balaban J connectivity index is 1.48. The summed E-state index contributed by atoms with van der Waals surface area (Å²) in [6.07, 6.45) is 1.85. The predicted molar refractivity (Wildman–Crippen MR) is 99.2 cm³/mol. The molecule has 0 unspecified atom stereocenters. The van der Waals surface area contributed by atoms with E-state index in [1.165, 1.54) is 11.3 Å². The zero-order valence-corrected chi connectivity index (χ0v) is 14.6. The van der Waals surface area contributed by atoms with Gasteiger partial charge in [-0.2, -0.15) is 0 Å². The molecule has 1 aliphatic heterocycles. The van der Waals surface area contributed by atoms with E-state index >= 15 is 0 Å². The van der Waals surface area contributed by atoms with Gasteiger partial charge < -0.3 is 14.2 Å². The molecule has 0 saturated carbocycles. The van der Waals surface area contributed by atoms with Gasteiger partial charge in [-0.1, -0.05) is 18.2 Å². The molecule has 1 aromatic carbocycles. The van der Waals surface area contributed by atoms with Crippen LogP contribution in [0.5, 0.6) is 0 Å². The normalized spacial score (nSPS) is 15.0. The molecule has 0 atom stereocenters. The molecule has 4 rings (SSSR count). The first-order chi connectivity index (χ1) is 12.1. The molecule has 0 spiro atoms. The van der Waals surface area contributed by atoms with Crippen LogP contribution in [0.1, 0.15) is 21.7 Å². The number of pyridine rings is 1. The maximum Gasteiger partial charge on any atom is 0.274 e. The lowest BCUT2D eigenvalue weighted by Gasteiger charge is -2.36. The zero-order valence-electron chi connectivity index (χ0n) is 14.6. The van der Waals surface area contributed by atoms with E-state index in [0.29, 0.717) is 5.69 Å². The largest absolute Gasteiger partial charge is 0.368 e. The SMILES string of the molecule is Cc1cccc(N2CCN(C(=O)c3cn4c(C)cccc4n3)CC2)c1. The Bertz CT molecular complexity index is 922. The van der Waals surface area contributed by atoms with Gasteiger partial charge in [0.1, 0.15) is 11.3 Å². The minimum atomic E-state index is 0.0204. The zero-order chi connectivity index (χ0) is 17.4. The molecule has 1 fully saturated rings. The van der Waals surface area contributed by atoms with Crippen molar-refractivity contribution in [2.45, 2.75) is 13.8 Å². The molecule has 25 heavy (non-hydrogen) atoms. The van der Waals surface area contributed by atoms with Crippen molar-refractivity contribution in [2.24, 2.45) is 0 Å². The molecule has 5 heteroatoms. The highest BCUT2D eigenvalue weighted by atomic mass is 16.2. The van der Waals surface area contributed by atoms with Gasteiger partial charge in [-0.3, -0.25) is 4.79 Å². The first kappa shape index (κ1) is 15.7. The number of aryl methyl sites for hydroxylation is 2. The second-order valence-electron chi connectivity index (χ2n) is 6.64. The van der Waals surface area contributed by atoms with Gasteiger partial charge in [0.05, 0.1) is 0 Å². The summed E-state index contributed by atoms with van der Waals surface area (Å²) in [6, 6.07) is 14.4. The number of imidazole rings is 1. The molecule has 0 aliphatic carbocycles. The summed E-state index contributed by atoms with van der Waals surface area (Å²) < 4.78 is 1.97. The molecule has 3 heterocycles. The fourth-order valence-electron chi connectivity index (χ4n) is 3.41. The molecule has 128 valence electrons. The maximum absolute atomic E-state index is 12.8. The number of rotatable bonds is 2. The molecule has 1 amide bonds. The van der Waals surface area contributed by atoms with E-state index in [-0.39, 0.29) is 5.91 Å². The summed E-state index contributed by atoms with van der Waals surface area (Å²) in [6.45, 7) is 7.26. The first-order valence-electron chi connectivity index (χ1n) is 8.67. The van der Waals surface area contributed by atoms with Gasteiger partial charge in [-0.25, -0.2) is 4.98 Å². The number of fused-ring (bicyclic) bond motifs is 1. The van der Waals surface area contributed by atoms with Gasteiger partial charge in [0.15, 0.2) is 0 Å². The number of hydrogen-bond acceptors (Lipinski definition) is 3. The maximum atomic E-state index is 12.8. The first-order valence-corrected chi connectivity index (χ1v) is 8.67. The van der Waals surface area contributed by atoms with E-state index in [0.717, 1.165) is 37.5 Å². The van der Waals surface area contributed by atoms with Crippen LogP contribution in [0.4, 0.5) is 5.69 Å². The van der Waals surface area contributed by atoms with Crippen molar-refractivity contribution in [2.75, 3.05) is 31.1 Å². The second kappa shape index (κ2) is 6.24. The summed E-state index contributed by atoms with van der Waals surface area (Å²) in [4.78, 5) is 21.5. The van der Waals surface area contributed by atoms with Gasteiger partial charge >= 0.3 is 0 Å². The Kier molecular flexibility index (Phi) is 3.92. The van der Waals surface area contributed by atoms with Crippen molar-refractivity contribution in [3.63, 3.8) is 0 Å². The summed E-state index contributed by atoms with van der Waals surface area (Å²) >= 11 is 0. The van der Waals surface area contributed by atoms with Crippen molar-refractivity contribution >= 4 is 17.2 Å². The van der Waals surface area contributed by atoms with E-state index in [2.05, 4.69) is 41.1 Å². The highest BCUT2D eigenvalue weighted by Gasteiger charge is 2.24. The molecular formula is C20H22N4O.